The summed E-state index contributed by atoms with van der Waals surface area (Å²) in [6.07, 6.45) is 2.12. The zero-order valence-electron chi connectivity index (χ0n) is 9.10. The van der Waals surface area contributed by atoms with E-state index in [2.05, 4.69) is 23.8 Å². The van der Waals surface area contributed by atoms with Crippen molar-refractivity contribution in [3.63, 3.8) is 0 Å². The van der Waals surface area contributed by atoms with E-state index < -0.39 is 0 Å². The van der Waals surface area contributed by atoms with Crippen LogP contribution < -0.4 is 0 Å². The van der Waals surface area contributed by atoms with Gasteiger partial charge >= 0.3 is 5.97 Å². The van der Waals surface area contributed by atoms with Crippen molar-refractivity contribution >= 4 is 17.3 Å². The smallest absolute Gasteiger partial charge is 0.308 e. The predicted octanol–water partition coefficient (Wildman–Crippen LogP) is 3.05. The standard InChI is InChI=1S/C12H16O2S/c1-8(9-3-4-15-7-9)5-10-6-11(10)12(13)14-2/h3-4,7-8,10-11H,5-6H2,1-2H3. The molecule has 0 bridgehead atoms. The maximum absolute atomic E-state index is 11.2. The van der Waals surface area contributed by atoms with Gasteiger partial charge in [0, 0.05) is 0 Å². The van der Waals surface area contributed by atoms with Crippen LogP contribution in [0.1, 0.15) is 31.2 Å². The molecule has 0 radical (unpaired) electrons. The van der Waals surface area contributed by atoms with Crippen LogP contribution in [0.25, 0.3) is 0 Å². The molecule has 1 aromatic heterocycles. The van der Waals surface area contributed by atoms with E-state index in [0.29, 0.717) is 11.8 Å². The average Bonchev–Trinajstić information content (AvgIpc) is 2.81. The van der Waals surface area contributed by atoms with Crippen LogP contribution in [-0.4, -0.2) is 13.1 Å². The number of hydrogen-bond acceptors (Lipinski definition) is 3. The Hall–Kier alpha value is -0.830. The molecule has 1 aliphatic rings. The van der Waals surface area contributed by atoms with Gasteiger partial charge < -0.3 is 4.74 Å². The lowest BCUT2D eigenvalue weighted by Crippen LogP contribution is -2.05. The van der Waals surface area contributed by atoms with Crippen LogP contribution in [-0.2, 0) is 9.53 Å². The highest BCUT2D eigenvalue weighted by molar-refractivity contribution is 7.07. The molecule has 1 aromatic rings. The zero-order chi connectivity index (χ0) is 10.8. The molecule has 1 heterocycles. The van der Waals surface area contributed by atoms with Gasteiger partial charge in [0.25, 0.3) is 0 Å². The number of methoxy groups -OCH3 is 1. The number of esters is 1. The van der Waals surface area contributed by atoms with Crippen molar-refractivity contribution in [1.29, 1.82) is 0 Å². The number of carbonyl (C=O) groups is 1. The van der Waals surface area contributed by atoms with E-state index in [9.17, 15) is 4.79 Å². The molecular weight excluding hydrogens is 208 g/mol. The highest BCUT2D eigenvalue weighted by atomic mass is 32.1. The molecule has 0 aromatic carbocycles. The van der Waals surface area contributed by atoms with E-state index in [1.807, 2.05) is 0 Å². The average molecular weight is 224 g/mol. The quantitative estimate of drug-likeness (QED) is 0.735. The van der Waals surface area contributed by atoms with Crippen molar-refractivity contribution in [1.82, 2.24) is 0 Å². The van der Waals surface area contributed by atoms with E-state index in [-0.39, 0.29) is 11.9 Å². The van der Waals surface area contributed by atoms with Crippen LogP contribution in [0.3, 0.4) is 0 Å². The molecule has 0 saturated heterocycles. The summed E-state index contributed by atoms with van der Waals surface area (Å²) in [5, 5.41) is 4.30. The van der Waals surface area contributed by atoms with Gasteiger partial charge in [0.2, 0.25) is 0 Å². The fraction of sp³-hybridized carbons (Fsp3) is 0.583. The van der Waals surface area contributed by atoms with Crippen molar-refractivity contribution in [3.05, 3.63) is 22.4 Å². The van der Waals surface area contributed by atoms with Gasteiger partial charge in [-0.2, -0.15) is 11.3 Å². The number of rotatable bonds is 4. The summed E-state index contributed by atoms with van der Waals surface area (Å²) in [7, 11) is 1.47. The van der Waals surface area contributed by atoms with Crippen molar-refractivity contribution < 1.29 is 9.53 Å². The molecule has 0 spiro atoms. The van der Waals surface area contributed by atoms with Gasteiger partial charge in [-0.3, -0.25) is 4.79 Å². The number of carbonyl (C=O) groups excluding carboxylic acids is 1. The first-order valence-corrected chi connectivity index (χ1v) is 6.26. The molecule has 0 N–H and O–H groups in total. The summed E-state index contributed by atoms with van der Waals surface area (Å²) < 4.78 is 4.74. The van der Waals surface area contributed by atoms with Crippen LogP contribution in [0.4, 0.5) is 0 Å². The van der Waals surface area contributed by atoms with Gasteiger partial charge in [-0.25, -0.2) is 0 Å². The first kappa shape index (κ1) is 10.7. The Morgan fingerprint density at radius 1 is 1.73 bits per heavy atom. The van der Waals surface area contributed by atoms with Crippen LogP contribution in [0, 0.1) is 11.8 Å². The van der Waals surface area contributed by atoms with Gasteiger partial charge in [-0.05, 0) is 47.1 Å². The Morgan fingerprint density at radius 2 is 2.53 bits per heavy atom. The minimum Gasteiger partial charge on any atom is -0.469 e. The molecule has 1 saturated carbocycles. The van der Waals surface area contributed by atoms with Crippen LogP contribution in [0.5, 0.6) is 0 Å². The van der Waals surface area contributed by atoms with Gasteiger partial charge in [0.05, 0.1) is 13.0 Å². The maximum Gasteiger partial charge on any atom is 0.308 e. The highest BCUT2D eigenvalue weighted by Gasteiger charge is 2.44. The first-order valence-electron chi connectivity index (χ1n) is 5.32. The second kappa shape index (κ2) is 4.35. The van der Waals surface area contributed by atoms with Gasteiger partial charge in [0.1, 0.15) is 0 Å². The summed E-state index contributed by atoms with van der Waals surface area (Å²) in [4.78, 5) is 11.2. The lowest BCUT2D eigenvalue weighted by molar-refractivity contribution is -0.142. The topological polar surface area (TPSA) is 26.3 Å². The van der Waals surface area contributed by atoms with Crippen LogP contribution in [0.2, 0.25) is 0 Å². The van der Waals surface area contributed by atoms with Crippen molar-refractivity contribution in [2.24, 2.45) is 11.8 Å². The second-order valence-corrected chi connectivity index (χ2v) is 5.10. The summed E-state index contributed by atoms with van der Waals surface area (Å²) in [5.41, 5.74) is 1.40. The summed E-state index contributed by atoms with van der Waals surface area (Å²) in [5.74, 6) is 1.26. The summed E-state index contributed by atoms with van der Waals surface area (Å²) >= 11 is 1.74. The fourth-order valence-corrected chi connectivity index (χ4v) is 2.88. The van der Waals surface area contributed by atoms with Gasteiger partial charge in [0.15, 0.2) is 0 Å². The molecule has 82 valence electrons. The zero-order valence-corrected chi connectivity index (χ0v) is 9.92. The SMILES string of the molecule is COC(=O)C1CC1CC(C)c1ccsc1. The Labute approximate surface area is 94.3 Å². The summed E-state index contributed by atoms with van der Waals surface area (Å²) in [6.45, 7) is 2.23. The van der Waals surface area contributed by atoms with Gasteiger partial charge in [-0.15, -0.1) is 0 Å². The van der Waals surface area contributed by atoms with Crippen molar-refractivity contribution in [2.75, 3.05) is 7.11 Å². The monoisotopic (exact) mass is 224 g/mol. The lowest BCUT2D eigenvalue weighted by Gasteiger charge is -2.08. The molecule has 1 fully saturated rings. The molecule has 15 heavy (non-hydrogen) atoms. The third-order valence-electron chi connectivity index (χ3n) is 3.20. The first-order chi connectivity index (χ1) is 7.22. The molecule has 1 aliphatic carbocycles. The Morgan fingerprint density at radius 3 is 3.13 bits per heavy atom. The third kappa shape index (κ3) is 2.40. The Kier molecular flexibility index (Phi) is 3.10. The van der Waals surface area contributed by atoms with Crippen molar-refractivity contribution in [3.8, 4) is 0 Å². The summed E-state index contributed by atoms with van der Waals surface area (Å²) in [6, 6.07) is 2.17. The largest absolute Gasteiger partial charge is 0.469 e. The molecule has 3 unspecified atom stereocenters. The molecule has 0 aliphatic heterocycles. The number of thiophene rings is 1. The molecule has 0 amide bonds. The van der Waals surface area contributed by atoms with Crippen LogP contribution >= 0.6 is 11.3 Å². The Bertz CT molecular complexity index is 331. The minimum absolute atomic E-state index is 0.0301. The highest BCUT2D eigenvalue weighted by Crippen LogP contribution is 2.45. The van der Waals surface area contributed by atoms with E-state index >= 15 is 0 Å². The lowest BCUT2D eigenvalue weighted by atomic mass is 9.97. The minimum atomic E-state index is -0.0301. The fourth-order valence-electron chi connectivity index (χ4n) is 2.09. The van der Waals surface area contributed by atoms with E-state index in [0.717, 1.165) is 12.8 Å². The molecule has 2 rings (SSSR count). The third-order valence-corrected chi connectivity index (χ3v) is 3.90. The van der Waals surface area contributed by atoms with E-state index in [4.69, 9.17) is 4.74 Å². The number of ether oxygens (including phenoxy) is 1. The van der Waals surface area contributed by atoms with Gasteiger partial charge in [-0.1, -0.05) is 6.92 Å². The molecule has 3 heteroatoms. The number of hydrogen-bond donors (Lipinski definition) is 0. The normalized spacial score (nSPS) is 26.0. The molecule has 3 atom stereocenters. The maximum atomic E-state index is 11.2. The molecular formula is C12H16O2S. The van der Waals surface area contributed by atoms with Crippen molar-refractivity contribution in [2.45, 2.75) is 25.7 Å². The second-order valence-electron chi connectivity index (χ2n) is 4.32. The predicted molar refractivity (Wildman–Crippen MR) is 61.0 cm³/mol. The van der Waals surface area contributed by atoms with E-state index in [1.54, 1.807) is 11.3 Å². The molecule has 2 nitrogen and oxygen atoms in total. The van der Waals surface area contributed by atoms with Crippen LogP contribution in [0.15, 0.2) is 16.8 Å². The van der Waals surface area contributed by atoms with E-state index in [1.165, 1.54) is 12.7 Å². The Balaban J connectivity index is 1.83.